The summed E-state index contributed by atoms with van der Waals surface area (Å²) < 4.78 is 0.516. The van der Waals surface area contributed by atoms with Crippen LogP contribution in [0.1, 0.15) is 0 Å². The van der Waals surface area contributed by atoms with E-state index in [9.17, 15) is 0 Å². The van der Waals surface area contributed by atoms with Gasteiger partial charge < -0.3 is 21.1 Å². The molecule has 0 fully saturated rings. The summed E-state index contributed by atoms with van der Waals surface area (Å²) in [6.07, 6.45) is -0.699. The molecule has 5 N–H and O–H groups in total. The molecule has 10 heavy (non-hydrogen) atoms. The van der Waals surface area contributed by atoms with Crippen LogP contribution in [0.25, 0.3) is 0 Å². The SMILES string of the molecule is Nc1cnn(C(O)(O)O)c1. The van der Waals surface area contributed by atoms with Crippen LogP contribution in [-0.2, 0) is 6.10 Å². The van der Waals surface area contributed by atoms with Gasteiger partial charge in [-0.15, -0.1) is 0 Å². The molecule has 0 unspecified atom stereocenters. The van der Waals surface area contributed by atoms with Gasteiger partial charge in [-0.05, 0) is 0 Å². The standard InChI is InChI=1S/C4H7N3O3/c5-3-1-6-7(2-3)4(8,9)10/h1-2,8-10H,5H2. The Labute approximate surface area is 56.1 Å². The topological polar surface area (TPSA) is 105 Å². The number of aliphatic hydroxyl groups is 3. The Morgan fingerprint density at radius 3 is 2.30 bits per heavy atom. The van der Waals surface area contributed by atoms with Gasteiger partial charge in [-0.1, -0.05) is 0 Å². The number of hydrogen-bond donors (Lipinski definition) is 4. The minimum absolute atomic E-state index is 0.238. The van der Waals surface area contributed by atoms with Gasteiger partial charge in [-0.3, -0.25) is 0 Å². The lowest BCUT2D eigenvalue weighted by atomic mass is 10.6. The van der Waals surface area contributed by atoms with Crippen molar-refractivity contribution < 1.29 is 15.3 Å². The lowest BCUT2D eigenvalue weighted by Gasteiger charge is -2.12. The van der Waals surface area contributed by atoms with Gasteiger partial charge >= 0.3 is 6.10 Å². The van der Waals surface area contributed by atoms with Crippen molar-refractivity contribution in [1.82, 2.24) is 9.78 Å². The van der Waals surface area contributed by atoms with Crippen molar-refractivity contribution in [2.75, 3.05) is 5.73 Å². The average Bonchev–Trinajstić information content (AvgIpc) is 2.11. The van der Waals surface area contributed by atoms with E-state index in [1.54, 1.807) is 0 Å². The Hall–Kier alpha value is -1.11. The lowest BCUT2D eigenvalue weighted by Crippen LogP contribution is -2.32. The first-order valence-electron chi connectivity index (χ1n) is 2.48. The Bertz CT molecular complexity index is 226. The van der Waals surface area contributed by atoms with E-state index >= 15 is 0 Å². The highest BCUT2D eigenvalue weighted by molar-refractivity contribution is 5.30. The molecule has 1 heterocycles. The number of rotatable bonds is 1. The van der Waals surface area contributed by atoms with Crippen LogP contribution in [0.2, 0.25) is 0 Å². The Morgan fingerprint density at radius 2 is 2.10 bits per heavy atom. The zero-order valence-electron chi connectivity index (χ0n) is 4.97. The van der Waals surface area contributed by atoms with E-state index < -0.39 is 6.10 Å². The molecule has 0 bridgehead atoms. The van der Waals surface area contributed by atoms with Gasteiger partial charge in [0.1, 0.15) is 0 Å². The molecule has 1 aromatic heterocycles. The van der Waals surface area contributed by atoms with Crippen LogP contribution < -0.4 is 5.73 Å². The number of nitrogen functional groups attached to an aromatic ring is 1. The predicted octanol–water partition coefficient (Wildman–Crippen LogP) is -1.99. The zero-order chi connectivity index (χ0) is 7.78. The number of nitrogens with zero attached hydrogens (tertiary/aromatic N) is 2. The van der Waals surface area contributed by atoms with Gasteiger partial charge in [0.05, 0.1) is 18.1 Å². The summed E-state index contributed by atoms with van der Waals surface area (Å²) >= 11 is 0. The molecule has 0 aliphatic rings. The number of nitrogens with two attached hydrogens (primary N) is 1. The summed E-state index contributed by atoms with van der Waals surface area (Å²) in [5.41, 5.74) is 5.40. The van der Waals surface area contributed by atoms with E-state index in [4.69, 9.17) is 21.1 Å². The first-order valence-corrected chi connectivity index (χ1v) is 2.48. The van der Waals surface area contributed by atoms with E-state index in [1.807, 2.05) is 0 Å². The van der Waals surface area contributed by atoms with Crippen LogP contribution in [0.4, 0.5) is 5.69 Å². The quantitative estimate of drug-likeness (QED) is 0.342. The minimum Gasteiger partial charge on any atom is -0.396 e. The van der Waals surface area contributed by atoms with E-state index in [1.165, 1.54) is 6.20 Å². The molecule has 0 saturated carbocycles. The maximum Gasteiger partial charge on any atom is 0.389 e. The third-order valence-electron chi connectivity index (χ3n) is 0.910. The molecule has 0 atom stereocenters. The Balaban J connectivity index is 2.96. The van der Waals surface area contributed by atoms with Gasteiger partial charge in [-0.2, -0.15) is 9.78 Å². The van der Waals surface area contributed by atoms with E-state index in [0.29, 0.717) is 4.68 Å². The van der Waals surface area contributed by atoms with Crippen LogP contribution >= 0.6 is 0 Å². The fraction of sp³-hybridized carbons (Fsp3) is 0.250. The molecule has 0 aliphatic carbocycles. The molecule has 6 heteroatoms. The van der Waals surface area contributed by atoms with Gasteiger partial charge in [0.15, 0.2) is 0 Å². The number of aromatic nitrogens is 2. The zero-order valence-corrected chi connectivity index (χ0v) is 4.97. The summed E-state index contributed by atoms with van der Waals surface area (Å²) in [5, 5.41) is 28.7. The number of hydrogen-bond acceptors (Lipinski definition) is 5. The smallest absolute Gasteiger partial charge is 0.389 e. The van der Waals surface area contributed by atoms with E-state index in [-0.39, 0.29) is 5.69 Å². The maximum absolute atomic E-state index is 8.46. The number of anilines is 1. The molecule has 0 aliphatic heterocycles. The van der Waals surface area contributed by atoms with Crippen molar-refractivity contribution >= 4 is 5.69 Å². The molecule has 56 valence electrons. The molecule has 6 nitrogen and oxygen atoms in total. The summed E-state index contributed by atoms with van der Waals surface area (Å²) in [6.45, 7) is 0. The highest BCUT2D eigenvalue weighted by Crippen LogP contribution is 2.05. The Kier molecular flexibility index (Phi) is 1.36. The summed E-state index contributed by atoms with van der Waals surface area (Å²) in [4.78, 5) is 0. The van der Waals surface area contributed by atoms with Crippen LogP contribution in [-0.4, -0.2) is 25.1 Å². The van der Waals surface area contributed by atoms with Gasteiger partial charge in [0.2, 0.25) is 0 Å². The molecule has 0 aromatic carbocycles. The van der Waals surface area contributed by atoms with Crippen molar-refractivity contribution in [3.05, 3.63) is 12.4 Å². The molecular weight excluding hydrogens is 138 g/mol. The van der Waals surface area contributed by atoms with Crippen molar-refractivity contribution in [2.24, 2.45) is 0 Å². The molecule has 1 rings (SSSR count). The Morgan fingerprint density at radius 1 is 1.50 bits per heavy atom. The molecule has 0 saturated heterocycles. The highest BCUT2D eigenvalue weighted by atomic mass is 16.7. The summed E-state index contributed by atoms with van der Waals surface area (Å²) in [6, 6.07) is 0. The van der Waals surface area contributed by atoms with E-state index in [2.05, 4.69) is 5.10 Å². The second-order valence-electron chi connectivity index (χ2n) is 1.82. The lowest BCUT2D eigenvalue weighted by molar-refractivity contribution is -0.380. The summed E-state index contributed by atoms with van der Waals surface area (Å²) in [5.74, 6) is 0. The van der Waals surface area contributed by atoms with Crippen molar-refractivity contribution in [2.45, 2.75) is 6.10 Å². The molecule has 1 aromatic rings. The normalized spacial score (nSPS) is 11.9. The van der Waals surface area contributed by atoms with Gasteiger partial charge in [0.25, 0.3) is 0 Å². The largest absolute Gasteiger partial charge is 0.396 e. The van der Waals surface area contributed by atoms with E-state index in [0.717, 1.165) is 6.20 Å². The average molecular weight is 145 g/mol. The fourth-order valence-corrected chi connectivity index (χ4v) is 0.501. The first kappa shape index (κ1) is 7.00. The van der Waals surface area contributed by atoms with Gasteiger partial charge in [-0.25, -0.2) is 0 Å². The second kappa shape index (κ2) is 1.94. The maximum atomic E-state index is 8.46. The van der Waals surface area contributed by atoms with Crippen LogP contribution in [0.5, 0.6) is 0 Å². The predicted molar refractivity (Wildman–Crippen MR) is 31.3 cm³/mol. The molecular formula is C4H7N3O3. The molecule has 0 radical (unpaired) electrons. The minimum atomic E-state index is -2.96. The van der Waals surface area contributed by atoms with Crippen LogP contribution in [0, 0.1) is 0 Å². The van der Waals surface area contributed by atoms with Crippen LogP contribution in [0.3, 0.4) is 0 Å². The highest BCUT2D eigenvalue weighted by Gasteiger charge is 2.21. The third kappa shape index (κ3) is 1.24. The van der Waals surface area contributed by atoms with Gasteiger partial charge in [0, 0.05) is 0 Å². The third-order valence-corrected chi connectivity index (χ3v) is 0.910. The van der Waals surface area contributed by atoms with Crippen molar-refractivity contribution in [1.29, 1.82) is 0 Å². The van der Waals surface area contributed by atoms with Crippen molar-refractivity contribution in [3.8, 4) is 0 Å². The molecule has 0 amide bonds. The van der Waals surface area contributed by atoms with Crippen molar-refractivity contribution in [3.63, 3.8) is 0 Å². The molecule has 0 spiro atoms. The fourth-order valence-electron chi connectivity index (χ4n) is 0.501. The summed E-state index contributed by atoms with van der Waals surface area (Å²) in [7, 11) is 0. The second-order valence-corrected chi connectivity index (χ2v) is 1.82. The first-order chi connectivity index (χ1) is 4.50. The van der Waals surface area contributed by atoms with Crippen LogP contribution in [0.15, 0.2) is 12.4 Å². The monoisotopic (exact) mass is 145 g/mol.